The first-order valence-corrected chi connectivity index (χ1v) is 6.85. The van der Waals surface area contributed by atoms with Crippen molar-refractivity contribution in [2.45, 2.75) is 26.3 Å². The first-order chi connectivity index (χ1) is 9.58. The molecule has 0 aliphatic heterocycles. The molecule has 1 aromatic rings. The minimum Gasteiger partial charge on any atom is -0.484 e. The molecule has 2 N–H and O–H groups in total. The maximum Gasteiger partial charge on any atom is 0.260 e. The fraction of sp³-hybridized carbons (Fsp3) is 0.533. The highest BCUT2D eigenvalue weighted by Crippen LogP contribution is 2.14. The zero-order valence-corrected chi connectivity index (χ0v) is 12.5. The Balaban J connectivity index is 2.57. The van der Waals surface area contributed by atoms with Gasteiger partial charge in [-0.15, -0.1) is 0 Å². The van der Waals surface area contributed by atoms with Crippen LogP contribution in [0, 0.1) is 0 Å². The van der Waals surface area contributed by atoms with E-state index in [-0.39, 0.29) is 18.6 Å². The predicted molar refractivity (Wildman–Crippen MR) is 79.7 cm³/mol. The van der Waals surface area contributed by atoms with E-state index in [0.29, 0.717) is 24.6 Å². The molecule has 0 aromatic heterocycles. The number of carbonyl (C=O) groups is 1. The summed E-state index contributed by atoms with van der Waals surface area (Å²) in [5, 5.41) is 0. The van der Waals surface area contributed by atoms with Crippen LogP contribution in [-0.4, -0.2) is 43.7 Å². The molecule has 0 spiro atoms. The lowest BCUT2D eigenvalue weighted by molar-refractivity contribution is -0.136. The number of carbonyl (C=O) groups excluding carboxylic acids is 1. The van der Waals surface area contributed by atoms with Gasteiger partial charge < -0.3 is 20.1 Å². The zero-order chi connectivity index (χ0) is 15.0. The van der Waals surface area contributed by atoms with Crippen molar-refractivity contribution in [3.8, 4) is 5.75 Å². The van der Waals surface area contributed by atoms with E-state index in [1.54, 1.807) is 36.3 Å². The van der Waals surface area contributed by atoms with Crippen LogP contribution in [0.25, 0.3) is 0 Å². The van der Waals surface area contributed by atoms with E-state index in [9.17, 15) is 4.79 Å². The van der Waals surface area contributed by atoms with Crippen LogP contribution in [0.1, 0.15) is 20.3 Å². The number of nitrogens with zero attached hydrogens (tertiary/aromatic N) is 1. The Labute approximate surface area is 120 Å². The Kier molecular flexibility index (Phi) is 6.87. The van der Waals surface area contributed by atoms with Gasteiger partial charge in [-0.05, 0) is 25.5 Å². The highest BCUT2D eigenvalue weighted by Gasteiger charge is 2.18. The molecule has 5 heteroatoms. The second-order valence-electron chi connectivity index (χ2n) is 4.70. The van der Waals surface area contributed by atoms with E-state index in [2.05, 4.69) is 6.92 Å². The van der Waals surface area contributed by atoms with E-state index in [1.807, 2.05) is 6.92 Å². The molecule has 0 saturated heterocycles. The molecular formula is C15H24N2O3. The van der Waals surface area contributed by atoms with Gasteiger partial charge in [-0.25, -0.2) is 0 Å². The van der Waals surface area contributed by atoms with Gasteiger partial charge in [0.25, 0.3) is 5.91 Å². The standard InChI is InChI=1S/C15H24N2O3/c1-4-12(2)17(8-9-19-3)15(18)11-20-14-7-5-6-13(16)10-14/h5-7,10,12H,4,8-9,11,16H2,1-3H3. The number of ether oxygens (including phenoxy) is 2. The quantitative estimate of drug-likeness (QED) is 0.739. The number of hydrogen-bond donors (Lipinski definition) is 1. The fourth-order valence-electron chi connectivity index (χ4n) is 1.83. The number of amides is 1. The lowest BCUT2D eigenvalue weighted by Crippen LogP contribution is -2.43. The summed E-state index contributed by atoms with van der Waals surface area (Å²) >= 11 is 0. The number of nitrogens with two attached hydrogens (primary N) is 1. The SMILES string of the molecule is CCC(C)N(CCOC)C(=O)COc1cccc(N)c1. The van der Waals surface area contributed by atoms with E-state index >= 15 is 0 Å². The molecule has 0 fully saturated rings. The third-order valence-electron chi connectivity index (χ3n) is 3.20. The lowest BCUT2D eigenvalue weighted by atomic mass is 10.2. The molecule has 5 nitrogen and oxygen atoms in total. The van der Waals surface area contributed by atoms with Crippen LogP contribution in [-0.2, 0) is 9.53 Å². The molecule has 0 saturated carbocycles. The fourth-order valence-corrected chi connectivity index (χ4v) is 1.83. The molecule has 0 aliphatic rings. The summed E-state index contributed by atoms with van der Waals surface area (Å²) in [6.45, 7) is 5.18. The zero-order valence-electron chi connectivity index (χ0n) is 12.5. The number of nitrogen functional groups attached to an aromatic ring is 1. The minimum absolute atomic E-state index is 0.0114. The van der Waals surface area contributed by atoms with E-state index < -0.39 is 0 Å². The van der Waals surface area contributed by atoms with Crippen molar-refractivity contribution in [1.29, 1.82) is 0 Å². The van der Waals surface area contributed by atoms with E-state index in [0.717, 1.165) is 6.42 Å². The number of benzene rings is 1. The second-order valence-corrected chi connectivity index (χ2v) is 4.70. The van der Waals surface area contributed by atoms with Crippen LogP contribution >= 0.6 is 0 Å². The van der Waals surface area contributed by atoms with Crippen molar-refractivity contribution >= 4 is 11.6 Å². The maximum absolute atomic E-state index is 12.2. The summed E-state index contributed by atoms with van der Waals surface area (Å²) in [4.78, 5) is 14.0. The average molecular weight is 280 g/mol. The highest BCUT2D eigenvalue weighted by molar-refractivity contribution is 5.78. The molecule has 0 bridgehead atoms. The molecule has 0 radical (unpaired) electrons. The van der Waals surface area contributed by atoms with Crippen LogP contribution in [0.2, 0.25) is 0 Å². The number of hydrogen-bond acceptors (Lipinski definition) is 4. The molecular weight excluding hydrogens is 256 g/mol. The number of anilines is 1. The average Bonchev–Trinajstić information content (AvgIpc) is 2.45. The first kappa shape index (κ1) is 16.3. The highest BCUT2D eigenvalue weighted by atomic mass is 16.5. The third-order valence-corrected chi connectivity index (χ3v) is 3.20. The Morgan fingerprint density at radius 2 is 2.20 bits per heavy atom. The first-order valence-electron chi connectivity index (χ1n) is 6.85. The van der Waals surface area contributed by atoms with Crippen LogP contribution in [0.5, 0.6) is 5.75 Å². The smallest absolute Gasteiger partial charge is 0.260 e. The molecule has 1 atom stereocenters. The van der Waals surface area contributed by atoms with Gasteiger partial charge >= 0.3 is 0 Å². The monoisotopic (exact) mass is 280 g/mol. The Hall–Kier alpha value is -1.75. The predicted octanol–water partition coefficient (Wildman–Crippen LogP) is 1.92. The molecule has 0 heterocycles. The lowest BCUT2D eigenvalue weighted by Gasteiger charge is -2.28. The summed E-state index contributed by atoms with van der Waals surface area (Å²) in [6, 6.07) is 7.23. The van der Waals surface area contributed by atoms with Crippen molar-refractivity contribution in [3.63, 3.8) is 0 Å². The van der Waals surface area contributed by atoms with Gasteiger partial charge in [-0.1, -0.05) is 13.0 Å². The maximum atomic E-state index is 12.2. The van der Waals surface area contributed by atoms with Gasteiger partial charge in [0.15, 0.2) is 6.61 Å². The topological polar surface area (TPSA) is 64.8 Å². The second kappa shape index (κ2) is 8.43. The molecule has 20 heavy (non-hydrogen) atoms. The summed E-state index contributed by atoms with van der Waals surface area (Å²) in [5.74, 6) is 0.563. The summed E-state index contributed by atoms with van der Waals surface area (Å²) in [7, 11) is 1.63. The Bertz CT molecular complexity index is 423. The van der Waals surface area contributed by atoms with Crippen LogP contribution < -0.4 is 10.5 Å². The van der Waals surface area contributed by atoms with Crippen molar-refractivity contribution in [2.75, 3.05) is 32.6 Å². The number of rotatable bonds is 8. The Morgan fingerprint density at radius 1 is 1.45 bits per heavy atom. The molecule has 1 rings (SSSR count). The van der Waals surface area contributed by atoms with Gasteiger partial charge in [-0.2, -0.15) is 0 Å². The van der Waals surface area contributed by atoms with Crippen LogP contribution in [0.4, 0.5) is 5.69 Å². The molecule has 1 aromatic carbocycles. The minimum atomic E-state index is -0.0428. The Morgan fingerprint density at radius 3 is 2.80 bits per heavy atom. The number of methoxy groups -OCH3 is 1. The van der Waals surface area contributed by atoms with Crippen molar-refractivity contribution in [1.82, 2.24) is 4.90 Å². The molecule has 1 amide bonds. The van der Waals surface area contributed by atoms with E-state index in [1.165, 1.54) is 0 Å². The van der Waals surface area contributed by atoms with Gasteiger partial charge in [0.1, 0.15) is 5.75 Å². The largest absolute Gasteiger partial charge is 0.484 e. The normalized spacial score (nSPS) is 11.9. The molecule has 0 aliphatic carbocycles. The van der Waals surface area contributed by atoms with Crippen molar-refractivity contribution in [3.05, 3.63) is 24.3 Å². The van der Waals surface area contributed by atoms with E-state index in [4.69, 9.17) is 15.2 Å². The molecule has 1 unspecified atom stereocenters. The molecule has 112 valence electrons. The summed E-state index contributed by atoms with van der Waals surface area (Å²) in [5.41, 5.74) is 6.29. The third kappa shape index (κ3) is 5.09. The van der Waals surface area contributed by atoms with Crippen molar-refractivity contribution in [2.24, 2.45) is 0 Å². The van der Waals surface area contributed by atoms with Gasteiger partial charge in [0, 0.05) is 31.5 Å². The van der Waals surface area contributed by atoms with Gasteiger partial charge in [0.2, 0.25) is 0 Å². The van der Waals surface area contributed by atoms with Crippen LogP contribution in [0.15, 0.2) is 24.3 Å². The van der Waals surface area contributed by atoms with Crippen molar-refractivity contribution < 1.29 is 14.3 Å². The van der Waals surface area contributed by atoms with Gasteiger partial charge in [0.05, 0.1) is 6.61 Å². The van der Waals surface area contributed by atoms with Crippen LogP contribution in [0.3, 0.4) is 0 Å². The summed E-state index contributed by atoms with van der Waals surface area (Å²) in [6.07, 6.45) is 0.897. The summed E-state index contributed by atoms with van der Waals surface area (Å²) < 4.78 is 10.5. The van der Waals surface area contributed by atoms with Gasteiger partial charge in [-0.3, -0.25) is 4.79 Å².